The van der Waals surface area contributed by atoms with Crippen molar-refractivity contribution in [2.45, 2.75) is 63.2 Å². The van der Waals surface area contributed by atoms with Crippen LogP contribution < -0.4 is 10.1 Å². The van der Waals surface area contributed by atoms with Crippen molar-refractivity contribution >= 4 is 23.5 Å². The van der Waals surface area contributed by atoms with Gasteiger partial charge in [-0.3, -0.25) is 4.79 Å². The molecule has 0 radical (unpaired) electrons. The molecule has 2 fully saturated rings. The van der Waals surface area contributed by atoms with Gasteiger partial charge in [-0.15, -0.1) is 0 Å². The van der Waals surface area contributed by atoms with Crippen LogP contribution in [-0.4, -0.2) is 35.3 Å². The third-order valence-corrected chi connectivity index (χ3v) is 6.53. The zero-order valence-corrected chi connectivity index (χ0v) is 18.7. The molecule has 2 aromatic carbocycles. The van der Waals surface area contributed by atoms with Gasteiger partial charge in [-0.25, -0.2) is 4.79 Å². The van der Waals surface area contributed by atoms with Gasteiger partial charge in [0.05, 0.1) is 16.7 Å². The summed E-state index contributed by atoms with van der Waals surface area (Å²) in [6, 6.07) is 12.7. The molecule has 1 unspecified atom stereocenters. The molecule has 7 heteroatoms. The molecule has 4 rings (SSSR count). The number of halogens is 1. The van der Waals surface area contributed by atoms with E-state index < -0.39 is 11.6 Å². The fraction of sp³-hybridized carbons (Fsp3) is 0.440. The van der Waals surface area contributed by atoms with E-state index in [1.54, 1.807) is 18.2 Å². The molecule has 1 amide bonds. The zero-order chi connectivity index (χ0) is 22.6. The first-order valence-electron chi connectivity index (χ1n) is 11.1. The molecule has 1 aliphatic carbocycles. The highest BCUT2D eigenvalue weighted by Gasteiger charge is 2.42. The van der Waals surface area contributed by atoms with Gasteiger partial charge < -0.3 is 19.9 Å². The average Bonchev–Trinajstić information content (AvgIpc) is 3.45. The third-order valence-electron chi connectivity index (χ3n) is 6.22. The van der Waals surface area contributed by atoms with Crippen LogP contribution in [-0.2, 0) is 22.5 Å². The molecule has 1 heterocycles. The number of amides is 1. The van der Waals surface area contributed by atoms with E-state index in [9.17, 15) is 14.7 Å². The van der Waals surface area contributed by atoms with Crippen LogP contribution in [0.4, 0.5) is 0 Å². The highest BCUT2D eigenvalue weighted by Crippen LogP contribution is 2.30. The molecule has 0 aromatic heterocycles. The first-order valence-corrected chi connectivity index (χ1v) is 11.5. The minimum atomic E-state index is -1.16. The van der Waals surface area contributed by atoms with Crippen molar-refractivity contribution in [1.29, 1.82) is 0 Å². The number of ether oxygens (including phenoxy) is 2. The maximum atomic E-state index is 12.7. The van der Waals surface area contributed by atoms with Gasteiger partial charge in [-0.2, -0.15) is 0 Å². The number of carboxylic acids is 1. The summed E-state index contributed by atoms with van der Waals surface area (Å²) in [5.74, 6) is -0.509. The maximum Gasteiger partial charge on any atom is 0.336 e. The highest BCUT2D eigenvalue weighted by molar-refractivity contribution is 6.34. The molecule has 170 valence electrons. The molecule has 0 spiro atoms. The van der Waals surface area contributed by atoms with E-state index >= 15 is 0 Å². The quantitative estimate of drug-likeness (QED) is 0.596. The molecule has 1 saturated carbocycles. The lowest BCUT2D eigenvalue weighted by molar-refractivity contribution is -0.159. The molecular formula is C25H28ClNO5. The van der Waals surface area contributed by atoms with Crippen LogP contribution in [0.15, 0.2) is 42.5 Å². The number of nitrogens with one attached hydrogen (secondary N) is 1. The Bertz CT molecular complexity index is 980. The summed E-state index contributed by atoms with van der Waals surface area (Å²) in [6.07, 6.45) is 6.26. The molecular weight excluding hydrogens is 430 g/mol. The fourth-order valence-electron chi connectivity index (χ4n) is 4.49. The first-order chi connectivity index (χ1) is 15.4. The van der Waals surface area contributed by atoms with E-state index in [1.807, 2.05) is 24.3 Å². The standard InChI is InChI=1S/C25H28ClNO5/c26-22-14-20(32-19-7-1-2-8-19)9-10-21(22)23(28)27-16-18-6-3-5-17(13-18)15-25(24(29)30)11-4-12-31-25/h3,5-6,9-10,13-14,19H,1-2,4,7-8,11-12,15-16H2,(H,27,28)(H,29,30). The summed E-state index contributed by atoms with van der Waals surface area (Å²) < 4.78 is 11.5. The Morgan fingerprint density at radius 3 is 2.59 bits per heavy atom. The van der Waals surface area contributed by atoms with Crippen molar-refractivity contribution in [1.82, 2.24) is 5.32 Å². The van der Waals surface area contributed by atoms with Crippen LogP contribution in [0, 0.1) is 0 Å². The van der Waals surface area contributed by atoms with Crippen LogP contribution in [0.1, 0.15) is 60.0 Å². The largest absolute Gasteiger partial charge is 0.490 e. The minimum absolute atomic E-state index is 0.230. The van der Waals surface area contributed by atoms with Gasteiger partial charge in [0, 0.05) is 19.6 Å². The highest BCUT2D eigenvalue weighted by atomic mass is 35.5. The van der Waals surface area contributed by atoms with Crippen molar-refractivity contribution < 1.29 is 24.2 Å². The van der Waals surface area contributed by atoms with Gasteiger partial charge >= 0.3 is 5.97 Å². The number of carboxylic acid groups (broad SMARTS) is 1. The Hall–Kier alpha value is -2.57. The van der Waals surface area contributed by atoms with Gasteiger partial charge in [-0.1, -0.05) is 35.9 Å². The molecule has 1 atom stereocenters. The van der Waals surface area contributed by atoms with E-state index in [0.29, 0.717) is 42.3 Å². The summed E-state index contributed by atoms with van der Waals surface area (Å²) in [4.78, 5) is 24.4. The van der Waals surface area contributed by atoms with Crippen LogP contribution in [0.5, 0.6) is 5.75 Å². The summed E-state index contributed by atoms with van der Waals surface area (Å²) in [5.41, 5.74) is 0.988. The van der Waals surface area contributed by atoms with Crippen molar-refractivity contribution in [2.24, 2.45) is 0 Å². The smallest absolute Gasteiger partial charge is 0.336 e. The lowest BCUT2D eigenvalue weighted by Gasteiger charge is -2.23. The van der Waals surface area contributed by atoms with Crippen LogP contribution in [0.3, 0.4) is 0 Å². The second-order valence-electron chi connectivity index (χ2n) is 8.60. The predicted molar refractivity (Wildman–Crippen MR) is 121 cm³/mol. The summed E-state index contributed by atoms with van der Waals surface area (Å²) >= 11 is 6.35. The van der Waals surface area contributed by atoms with Gasteiger partial charge in [-0.05, 0) is 67.9 Å². The molecule has 2 aliphatic rings. The van der Waals surface area contributed by atoms with Crippen molar-refractivity contribution in [3.8, 4) is 5.75 Å². The molecule has 0 bridgehead atoms. The third kappa shape index (κ3) is 5.25. The number of aliphatic carboxylic acids is 1. The van der Waals surface area contributed by atoms with Gasteiger partial charge in [0.25, 0.3) is 5.91 Å². The second-order valence-corrected chi connectivity index (χ2v) is 9.00. The van der Waals surface area contributed by atoms with E-state index in [-0.39, 0.29) is 12.0 Å². The summed E-state index contributed by atoms with van der Waals surface area (Å²) in [5, 5.41) is 12.9. The molecule has 6 nitrogen and oxygen atoms in total. The first kappa shape index (κ1) is 22.6. The number of benzene rings is 2. The Labute approximate surface area is 192 Å². The topological polar surface area (TPSA) is 84.9 Å². The SMILES string of the molecule is O=C(NCc1cccc(CC2(C(=O)O)CCCO2)c1)c1ccc(OC2CCCC2)cc1Cl. The van der Waals surface area contributed by atoms with E-state index in [2.05, 4.69) is 5.32 Å². The molecule has 1 aliphatic heterocycles. The Kier molecular flexibility index (Phi) is 7.01. The molecule has 32 heavy (non-hydrogen) atoms. The normalized spacial score (nSPS) is 20.9. The van der Waals surface area contributed by atoms with Crippen LogP contribution >= 0.6 is 11.6 Å². The summed E-state index contributed by atoms with van der Waals surface area (Å²) in [7, 11) is 0. The lowest BCUT2D eigenvalue weighted by Crippen LogP contribution is -2.40. The number of rotatable bonds is 8. The number of hydrogen-bond acceptors (Lipinski definition) is 4. The minimum Gasteiger partial charge on any atom is -0.490 e. The zero-order valence-electron chi connectivity index (χ0n) is 17.9. The lowest BCUT2D eigenvalue weighted by atomic mass is 9.91. The van der Waals surface area contributed by atoms with Crippen LogP contribution in [0.2, 0.25) is 5.02 Å². The number of carbonyl (C=O) groups is 2. The summed E-state index contributed by atoms with van der Waals surface area (Å²) in [6.45, 7) is 0.775. The average molecular weight is 458 g/mol. The van der Waals surface area contributed by atoms with E-state index in [4.69, 9.17) is 21.1 Å². The molecule has 2 aromatic rings. The van der Waals surface area contributed by atoms with Crippen molar-refractivity contribution in [2.75, 3.05) is 6.61 Å². The Morgan fingerprint density at radius 1 is 1.12 bits per heavy atom. The van der Waals surface area contributed by atoms with Crippen molar-refractivity contribution in [3.05, 3.63) is 64.2 Å². The Morgan fingerprint density at radius 2 is 1.91 bits per heavy atom. The van der Waals surface area contributed by atoms with Gasteiger partial charge in [0.1, 0.15) is 5.75 Å². The fourth-order valence-corrected chi connectivity index (χ4v) is 4.75. The predicted octanol–water partition coefficient (Wildman–Crippen LogP) is 4.77. The second kappa shape index (κ2) is 9.92. The van der Waals surface area contributed by atoms with E-state index in [1.165, 1.54) is 12.8 Å². The molecule has 1 saturated heterocycles. The number of hydrogen-bond donors (Lipinski definition) is 2. The monoisotopic (exact) mass is 457 g/mol. The molecule has 2 N–H and O–H groups in total. The Balaban J connectivity index is 1.36. The van der Waals surface area contributed by atoms with Crippen molar-refractivity contribution in [3.63, 3.8) is 0 Å². The van der Waals surface area contributed by atoms with Gasteiger partial charge in [0.15, 0.2) is 5.60 Å². The van der Waals surface area contributed by atoms with Crippen LogP contribution in [0.25, 0.3) is 0 Å². The number of carbonyl (C=O) groups excluding carboxylic acids is 1. The van der Waals surface area contributed by atoms with Gasteiger partial charge in [0.2, 0.25) is 0 Å². The van der Waals surface area contributed by atoms with E-state index in [0.717, 1.165) is 30.4 Å². The maximum absolute atomic E-state index is 12.7.